The van der Waals surface area contributed by atoms with Crippen LogP contribution < -0.4 is 0 Å². The van der Waals surface area contributed by atoms with E-state index in [2.05, 4.69) is 53.7 Å². The summed E-state index contributed by atoms with van der Waals surface area (Å²) < 4.78 is 2.96. The van der Waals surface area contributed by atoms with Crippen LogP contribution in [0.25, 0.3) is 20.2 Å². The Hall–Kier alpha value is -0.860. The van der Waals surface area contributed by atoms with Gasteiger partial charge in [0.25, 0.3) is 0 Å². The monoisotopic (exact) mass is 288 g/mol. The summed E-state index contributed by atoms with van der Waals surface area (Å²) in [5.74, 6) is 0. The second-order valence-electron chi connectivity index (χ2n) is 6.45. The van der Waals surface area contributed by atoms with Gasteiger partial charge in [-0.1, -0.05) is 20.8 Å². The molecule has 0 amide bonds. The SMILES string of the molecule is Cc1cc2c(s1)c(C)c(C(C)(C)C)c1cc(C)sc12. The summed E-state index contributed by atoms with van der Waals surface area (Å²) >= 11 is 3.88. The van der Waals surface area contributed by atoms with E-state index in [0.29, 0.717) is 0 Å². The minimum atomic E-state index is 0.196. The molecule has 2 heterocycles. The lowest BCUT2D eigenvalue weighted by molar-refractivity contribution is 0.593. The molecule has 3 aromatic rings. The first-order chi connectivity index (χ1) is 8.79. The van der Waals surface area contributed by atoms with E-state index in [9.17, 15) is 0 Å². The molecule has 0 unspecified atom stereocenters. The first kappa shape index (κ1) is 13.1. The molecule has 2 heteroatoms. The van der Waals surface area contributed by atoms with Gasteiger partial charge in [-0.2, -0.15) is 0 Å². The number of rotatable bonds is 0. The van der Waals surface area contributed by atoms with Crippen molar-refractivity contribution >= 4 is 42.8 Å². The zero-order valence-electron chi connectivity index (χ0n) is 12.5. The van der Waals surface area contributed by atoms with Gasteiger partial charge in [0.05, 0.1) is 0 Å². The third kappa shape index (κ3) is 1.93. The predicted octanol–water partition coefficient (Wildman–Crippen LogP) is 6.34. The van der Waals surface area contributed by atoms with E-state index < -0.39 is 0 Å². The van der Waals surface area contributed by atoms with E-state index in [-0.39, 0.29) is 5.41 Å². The molecule has 3 rings (SSSR count). The van der Waals surface area contributed by atoms with Gasteiger partial charge in [0, 0.05) is 24.5 Å². The van der Waals surface area contributed by atoms with Gasteiger partial charge in [-0.3, -0.25) is 0 Å². The summed E-state index contributed by atoms with van der Waals surface area (Å²) in [5, 5.41) is 2.93. The largest absolute Gasteiger partial charge is 0.140 e. The number of aryl methyl sites for hydroxylation is 3. The van der Waals surface area contributed by atoms with E-state index >= 15 is 0 Å². The molecule has 2 aromatic heterocycles. The minimum Gasteiger partial charge on any atom is -0.140 e. The highest BCUT2D eigenvalue weighted by Crippen LogP contribution is 2.44. The standard InChI is InChI=1S/C17H20S2/c1-9-7-12-14(17(4,5)6)11(3)15-13(16(12)19-9)8-10(2)18-15/h7-8H,1-6H3. The molecule has 0 bridgehead atoms. The fraction of sp³-hybridized carbons (Fsp3) is 0.412. The van der Waals surface area contributed by atoms with Gasteiger partial charge in [-0.25, -0.2) is 0 Å². The van der Waals surface area contributed by atoms with Crippen molar-refractivity contribution in [2.24, 2.45) is 0 Å². The lowest BCUT2D eigenvalue weighted by Crippen LogP contribution is -2.13. The van der Waals surface area contributed by atoms with Crippen LogP contribution >= 0.6 is 22.7 Å². The number of benzene rings is 1. The molecule has 0 aliphatic rings. The molecule has 0 N–H and O–H groups in total. The summed E-state index contributed by atoms with van der Waals surface area (Å²) in [7, 11) is 0. The molecule has 0 saturated heterocycles. The Balaban J connectivity index is 2.61. The van der Waals surface area contributed by atoms with Gasteiger partial charge in [0.1, 0.15) is 0 Å². The maximum absolute atomic E-state index is 2.38. The molecular weight excluding hydrogens is 268 g/mol. The van der Waals surface area contributed by atoms with Crippen molar-refractivity contribution in [3.63, 3.8) is 0 Å². The van der Waals surface area contributed by atoms with Gasteiger partial charge in [-0.15, -0.1) is 22.7 Å². The lowest BCUT2D eigenvalue weighted by atomic mass is 9.81. The van der Waals surface area contributed by atoms with Crippen molar-refractivity contribution in [3.05, 3.63) is 33.0 Å². The maximum atomic E-state index is 2.38. The predicted molar refractivity (Wildman–Crippen MR) is 90.1 cm³/mol. The molecule has 0 aliphatic heterocycles. The Labute approximate surface area is 123 Å². The van der Waals surface area contributed by atoms with Crippen molar-refractivity contribution in [3.8, 4) is 0 Å². The van der Waals surface area contributed by atoms with Crippen molar-refractivity contribution in [1.29, 1.82) is 0 Å². The van der Waals surface area contributed by atoms with E-state index in [4.69, 9.17) is 0 Å². The van der Waals surface area contributed by atoms with Crippen molar-refractivity contribution in [2.75, 3.05) is 0 Å². The average molecular weight is 288 g/mol. The van der Waals surface area contributed by atoms with Crippen LogP contribution in [0.1, 0.15) is 41.7 Å². The first-order valence-electron chi connectivity index (χ1n) is 6.72. The Kier molecular flexibility index (Phi) is 2.81. The maximum Gasteiger partial charge on any atom is 0.0435 e. The third-order valence-electron chi connectivity index (χ3n) is 3.69. The van der Waals surface area contributed by atoms with E-state index in [1.54, 1.807) is 0 Å². The molecule has 100 valence electrons. The third-order valence-corrected chi connectivity index (χ3v) is 5.94. The van der Waals surface area contributed by atoms with Crippen molar-refractivity contribution in [1.82, 2.24) is 0 Å². The summed E-state index contributed by atoms with van der Waals surface area (Å²) in [6.45, 7) is 13.7. The van der Waals surface area contributed by atoms with E-state index in [1.807, 2.05) is 22.7 Å². The molecule has 0 saturated carbocycles. The Morgan fingerprint density at radius 2 is 1.32 bits per heavy atom. The second-order valence-corrected chi connectivity index (χ2v) is 8.96. The van der Waals surface area contributed by atoms with Crippen LogP contribution in [0.5, 0.6) is 0 Å². The lowest BCUT2D eigenvalue weighted by Gasteiger charge is -2.23. The van der Waals surface area contributed by atoms with Crippen LogP contribution in [0.3, 0.4) is 0 Å². The second kappa shape index (κ2) is 4.07. The number of hydrogen-bond acceptors (Lipinski definition) is 2. The zero-order valence-corrected chi connectivity index (χ0v) is 14.1. The molecule has 19 heavy (non-hydrogen) atoms. The summed E-state index contributed by atoms with van der Waals surface area (Å²) in [6.07, 6.45) is 0. The molecule has 0 fully saturated rings. The van der Waals surface area contributed by atoms with Crippen LogP contribution in [0.2, 0.25) is 0 Å². The summed E-state index contributed by atoms with van der Waals surface area (Å²) in [4.78, 5) is 2.83. The van der Waals surface area contributed by atoms with Crippen LogP contribution in [-0.4, -0.2) is 0 Å². The van der Waals surface area contributed by atoms with E-state index in [1.165, 1.54) is 41.1 Å². The molecule has 0 atom stereocenters. The zero-order chi connectivity index (χ0) is 13.9. The van der Waals surface area contributed by atoms with Gasteiger partial charge in [0.15, 0.2) is 0 Å². The Morgan fingerprint density at radius 1 is 0.789 bits per heavy atom. The van der Waals surface area contributed by atoms with Crippen molar-refractivity contribution in [2.45, 2.75) is 47.0 Å². The summed E-state index contributed by atoms with van der Waals surface area (Å²) in [5.41, 5.74) is 3.20. The Morgan fingerprint density at radius 3 is 1.89 bits per heavy atom. The quantitative estimate of drug-likeness (QED) is 0.453. The highest BCUT2D eigenvalue weighted by Gasteiger charge is 2.23. The molecule has 0 radical (unpaired) electrons. The molecule has 1 aromatic carbocycles. The van der Waals surface area contributed by atoms with Gasteiger partial charge in [0.2, 0.25) is 0 Å². The van der Waals surface area contributed by atoms with Crippen LogP contribution in [0, 0.1) is 20.8 Å². The molecular formula is C17H20S2. The topological polar surface area (TPSA) is 0 Å². The average Bonchev–Trinajstić information content (AvgIpc) is 2.79. The van der Waals surface area contributed by atoms with Gasteiger partial charge >= 0.3 is 0 Å². The fourth-order valence-electron chi connectivity index (χ4n) is 3.14. The number of fused-ring (bicyclic) bond motifs is 3. The normalized spacial score (nSPS) is 12.7. The van der Waals surface area contributed by atoms with Crippen LogP contribution in [-0.2, 0) is 5.41 Å². The highest BCUT2D eigenvalue weighted by atomic mass is 32.1. The fourth-order valence-corrected chi connectivity index (χ4v) is 5.27. The molecule has 0 spiro atoms. The van der Waals surface area contributed by atoms with Crippen LogP contribution in [0.15, 0.2) is 12.1 Å². The number of hydrogen-bond donors (Lipinski definition) is 0. The highest BCUT2D eigenvalue weighted by molar-refractivity contribution is 7.23. The smallest absolute Gasteiger partial charge is 0.0435 e. The van der Waals surface area contributed by atoms with Gasteiger partial charge in [-0.05, 0) is 54.8 Å². The van der Waals surface area contributed by atoms with Crippen molar-refractivity contribution < 1.29 is 0 Å². The summed E-state index contributed by atoms with van der Waals surface area (Å²) in [6, 6.07) is 4.73. The first-order valence-corrected chi connectivity index (χ1v) is 8.35. The van der Waals surface area contributed by atoms with Gasteiger partial charge < -0.3 is 0 Å². The van der Waals surface area contributed by atoms with Crippen LogP contribution in [0.4, 0.5) is 0 Å². The minimum absolute atomic E-state index is 0.196. The van der Waals surface area contributed by atoms with E-state index in [0.717, 1.165) is 0 Å². The number of thiophene rings is 2. The molecule has 0 nitrogen and oxygen atoms in total. The molecule has 0 aliphatic carbocycles. The Bertz CT molecular complexity index is 779.